The Hall–Kier alpha value is -0.620. The second-order valence-electron chi connectivity index (χ2n) is 2.05. The number of thiol groups is 1. The van der Waals surface area contributed by atoms with Crippen LogP contribution in [0.25, 0.3) is 0 Å². The molecule has 0 fully saturated rings. The van der Waals surface area contributed by atoms with Gasteiger partial charge in [0.2, 0.25) is 5.91 Å². The first-order valence-electron chi connectivity index (χ1n) is 3.21. The molecule has 2 N–H and O–H groups in total. The Morgan fingerprint density at radius 1 is 1.36 bits per heavy atom. The SMILES string of the molecule is O=C(CCCC[SH](=O)=O)NO. The predicted molar refractivity (Wildman–Crippen MR) is 39.0 cm³/mol. The maximum absolute atomic E-state index is 10.3. The molecule has 1 amide bonds. The highest BCUT2D eigenvalue weighted by atomic mass is 32.2. The summed E-state index contributed by atoms with van der Waals surface area (Å²) in [5.41, 5.74) is 1.46. The molecule has 0 atom stereocenters. The molecule has 0 heterocycles. The molecular formula is C5H11NO4S. The summed E-state index contributed by atoms with van der Waals surface area (Å²) < 4.78 is 20.0. The van der Waals surface area contributed by atoms with E-state index in [0.717, 1.165) is 0 Å². The second kappa shape index (κ2) is 6.11. The van der Waals surface area contributed by atoms with Gasteiger partial charge in [-0.3, -0.25) is 10.0 Å². The van der Waals surface area contributed by atoms with Crippen molar-refractivity contribution in [1.29, 1.82) is 0 Å². The lowest BCUT2D eigenvalue weighted by molar-refractivity contribution is -0.129. The van der Waals surface area contributed by atoms with E-state index in [4.69, 9.17) is 5.21 Å². The highest BCUT2D eigenvalue weighted by molar-refractivity contribution is 7.72. The van der Waals surface area contributed by atoms with E-state index in [1.165, 1.54) is 5.48 Å². The maximum atomic E-state index is 10.3. The van der Waals surface area contributed by atoms with Crippen molar-refractivity contribution in [3.63, 3.8) is 0 Å². The molecule has 0 aliphatic heterocycles. The summed E-state index contributed by atoms with van der Waals surface area (Å²) in [5, 5.41) is 8.02. The fraction of sp³-hybridized carbons (Fsp3) is 0.800. The standard InChI is InChI=1S/C5H11NO4S/c7-5(6-8)3-1-2-4-11(9)10/h8,11H,1-4H2,(H,6,7). The van der Waals surface area contributed by atoms with Gasteiger partial charge in [-0.15, -0.1) is 0 Å². The molecule has 11 heavy (non-hydrogen) atoms. The molecule has 0 aromatic carbocycles. The third-order valence-corrected chi connectivity index (χ3v) is 1.80. The van der Waals surface area contributed by atoms with Crippen molar-refractivity contribution in [2.75, 3.05) is 5.75 Å². The Morgan fingerprint density at radius 3 is 2.45 bits per heavy atom. The molecule has 0 unspecified atom stereocenters. The van der Waals surface area contributed by atoms with Crippen LogP contribution in [0.2, 0.25) is 0 Å². The lowest BCUT2D eigenvalue weighted by Gasteiger charge is -1.95. The number of hydrogen-bond donors (Lipinski definition) is 3. The van der Waals surface area contributed by atoms with Crippen molar-refractivity contribution in [3.8, 4) is 0 Å². The van der Waals surface area contributed by atoms with Gasteiger partial charge in [0.05, 0.1) is 0 Å². The van der Waals surface area contributed by atoms with Crippen molar-refractivity contribution < 1.29 is 18.4 Å². The van der Waals surface area contributed by atoms with Crippen LogP contribution in [-0.4, -0.2) is 25.3 Å². The molecule has 0 aromatic heterocycles. The molecule has 5 nitrogen and oxygen atoms in total. The Labute approximate surface area is 66.3 Å². The van der Waals surface area contributed by atoms with E-state index < -0.39 is 16.6 Å². The van der Waals surface area contributed by atoms with Crippen LogP contribution >= 0.6 is 0 Å². The van der Waals surface area contributed by atoms with Crippen LogP contribution in [0.4, 0.5) is 0 Å². The van der Waals surface area contributed by atoms with E-state index >= 15 is 0 Å². The monoisotopic (exact) mass is 181 g/mol. The number of unbranched alkanes of at least 4 members (excludes halogenated alkanes) is 1. The maximum Gasteiger partial charge on any atom is 0.243 e. The van der Waals surface area contributed by atoms with Crippen LogP contribution in [0.15, 0.2) is 0 Å². The van der Waals surface area contributed by atoms with Gasteiger partial charge in [0.15, 0.2) is 0 Å². The first kappa shape index (κ1) is 10.4. The summed E-state index contributed by atoms with van der Waals surface area (Å²) in [7, 11) is -2.33. The molecule has 6 heteroatoms. The first-order chi connectivity index (χ1) is 5.16. The van der Waals surface area contributed by atoms with Crippen LogP contribution in [0.5, 0.6) is 0 Å². The van der Waals surface area contributed by atoms with Crippen molar-refractivity contribution in [2.24, 2.45) is 0 Å². The third-order valence-electron chi connectivity index (χ3n) is 1.12. The molecule has 0 rings (SSSR count). The number of nitrogens with one attached hydrogen (secondary N) is 1. The van der Waals surface area contributed by atoms with E-state index in [-0.39, 0.29) is 12.2 Å². The van der Waals surface area contributed by atoms with E-state index in [9.17, 15) is 13.2 Å². The van der Waals surface area contributed by atoms with E-state index in [1.54, 1.807) is 0 Å². The first-order valence-corrected chi connectivity index (χ1v) is 4.58. The zero-order valence-electron chi connectivity index (χ0n) is 5.95. The van der Waals surface area contributed by atoms with E-state index in [1.807, 2.05) is 0 Å². The molecule has 0 aliphatic rings. The van der Waals surface area contributed by atoms with Crippen LogP contribution in [0.1, 0.15) is 19.3 Å². The summed E-state index contributed by atoms with van der Waals surface area (Å²) in [6.45, 7) is 0. The van der Waals surface area contributed by atoms with Crippen LogP contribution < -0.4 is 5.48 Å². The van der Waals surface area contributed by atoms with Crippen molar-refractivity contribution in [2.45, 2.75) is 19.3 Å². The summed E-state index contributed by atoms with van der Waals surface area (Å²) in [6, 6.07) is 0. The molecule has 0 bridgehead atoms. The fourth-order valence-electron chi connectivity index (χ4n) is 0.582. The van der Waals surface area contributed by atoms with Crippen molar-refractivity contribution >= 4 is 16.6 Å². The van der Waals surface area contributed by atoms with Gasteiger partial charge in [-0.1, -0.05) is 0 Å². The zero-order chi connectivity index (χ0) is 8.69. The van der Waals surface area contributed by atoms with Gasteiger partial charge in [0.1, 0.15) is 10.7 Å². The molecular weight excluding hydrogens is 170 g/mol. The lowest BCUT2D eigenvalue weighted by atomic mass is 10.2. The third kappa shape index (κ3) is 7.27. The number of rotatable bonds is 5. The number of carbonyl (C=O) groups excluding carboxylic acids is 1. The van der Waals surface area contributed by atoms with Gasteiger partial charge in [-0.2, -0.15) is 0 Å². The Morgan fingerprint density at radius 2 is 2.00 bits per heavy atom. The molecule has 66 valence electrons. The molecule has 0 aromatic rings. The molecule has 0 aliphatic carbocycles. The fourth-order valence-corrected chi connectivity index (χ4v) is 1.06. The minimum Gasteiger partial charge on any atom is -0.289 e. The normalized spacial score (nSPS) is 10.0. The molecule has 0 saturated heterocycles. The summed E-state index contributed by atoms with van der Waals surface area (Å²) in [4.78, 5) is 10.3. The summed E-state index contributed by atoms with van der Waals surface area (Å²) in [6.07, 6.45) is 1.11. The number of hydrogen-bond acceptors (Lipinski definition) is 4. The minimum atomic E-state index is -2.33. The van der Waals surface area contributed by atoms with Crippen molar-refractivity contribution in [3.05, 3.63) is 0 Å². The number of carbonyl (C=O) groups is 1. The Bertz CT molecular complexity index is 181. The van der Waals surface area contributed by atoms with Crippen LogP contribution in [0, 0.1) is 0 Å². The molecule has 0 spiro atoms. The highest BCUT2D eigenvalue weighted by Crippen LogP contribution is 1.94. The molecule has 0 radical (unpaired) electrons. The van der Waals surface area contributed by atoms with Gasteiger partial charge >= 0.3 is 0 Å². The average Bonchev–Trinajstić information content (AvgIpc) is 1.97. The van der Waals surface area contributed by atoms with Gasteiger partial charge in [-0.05, 0) is 12.8 Å². The predicted octanol–water partition coefficient (Wildman–Crippen LogP) is -0.727. The Balaban J connectivity index is 3.21. The second-order valence-corrected chi connectivity index (χ2v) is 3.16. The zero-order valence-corrected chi connectivity index (χ0v) is 6.84. The number of hydroxylamine groups is 1. The molecule has 0 saturated carbocycles. The van der Waals surface area contributed by atoms with Crippen LogP contribution in [-0.2, 0) is 15.5 Å². The summed E-state index contributed by atoms with van der Waals surface area (Å²) >= 11 is 0. The van der Waals surface area contributed by atoms with Gasteiger partial charge in [-0.25, -0.2) is 13.9 Å². The summed E-state index contributed by atoms with van der Waals surface area (Å²) in [5.74, 6) is -0.375. The van der Waals surface area contributed by atoms with Gasteiger partial charge < -0.3 is 0 Å². The van der Waals surface area contributed by atoms with Crippen molar-refractivity contribution in [1.82, 2.24) is 5.48 Å². The average molecular weight is 181 g/mol. The van der Waals surface area contributed by atoms with E-state index in [0.29, 0.717) is 12.8 Å². The largest absolute Gasteiger partial charge is 0.289 e. The number of amides is 1. The quantitative estimate of drug-likeness (QED) is 0.226. The minimum absolute atomic E-state index is 0.105. The van der Waals surface area contributed by atoms with Gasteiger partial charge in [0, 0.05) is 12.2 Å². The highest BCUT2D eigenvalue weighted by Gasteiger charge is 1.97. The van der Waals surface area contributed by atoms with Crippen LogP contribution in [0.3, 0.4) is 0 Å². The topological polar surface area (TPSA) is 83.5 Å². The van der Waals surface area contributed by atoms with E-state index in [2.05, 4.69) is 0 Å². The smallest absolute Gasteiger partial charge is 0.243 e. The Kier molecular flexibility index (Phi) is 5.77. The lowest BCUT2D eigenvalue weighted by Crippen LogP contribution is -2.17. The van der Waals surface area contributed by atoms with Gasteiger partial charge in [0.25, 0.3) is 0 Å².